The fourth-order valence-electron chi connectivity index (χ4n) is 2.65. The molecule has 2 N–H and O–H groups in total. The molecule has 130 valence electrons. The molecule has 26 heavy (non-hydrogen) atoms. The number of nitrogens with one attached hydrogen (secondary N) is 2. The number of amides is 1. The van der Waals surface area contributed by atoms with Gasteiger partial charge in [0.05, 0.1) is 22.5 Å². The summed E-state index contributed by atoms with van der Waals surface area (Å²) in [5, 5.41) is 4.87. The maximum Gasteiger partial charge on any atom is 0.250 e. The summed E-state index contributed by atoms with van der Waals surface area (Å²) in [4.78, 5) is 21.0. The van der Waals surface area contributed by atoms with Gasteiger partial charge in [-0.1, -0.05) is 36.4 Å². The zero-order chi connectivity index (χ0) is 17.8. The highest BCUT2D eigenvalue weighted by Gasteiger charge is 2.08. The second-order valence-electron chi connectivity index (χ2n) is 5.82. The molecule has 1 amide bonds. The van der Waals surface area contributed by atoms with E-state index in [2.05, 4.69) is 15.3 Å². The number of H-pyrrole nitrogens is 1. The van der Waals surface area contributed by atoms with Crippen LogP contribution in [0.4, 0.5) is 5.69 Å². The number of anilines is 1. The topological polar surface area (TPSA) is 67.0 Å². The largest absolute Gasteiger partial charge is 0.367 e. The van der Waals surface area contributed by atoms with Gasteiger partial charge < -0.3 is 15.0 Å². The van der Waals surface area contributed by atoms with Crippen molar-refractivity contribution in [2.24, 2.45) is 0 Å². The number of aromatic nitrogens is 2. The fraction of sp³-hybridized carbons (Fsp3) is 0.100. The minimum Gasteiger partial charge on any atom is -0.367 e. The molecular formula is C20H17N3O2S. The first-order chi connectivity index (χ1) is 12.8. The van der Waals surface area contributed by atoms with Crippen LogP contribution in [0.25, 0.3) is 21.7 Å². The maximum atomic E-state index is 12.1. The van der Waals surface area contributed by atoms with E-state index in [0.717, 1.165) is 27.3 Å². The molecule has 2 aromatic carbocycles. The zero-order valence-electron chi connectivity index (χ0n) is 13.9. The molecule has 0 bridgehead atoms. The first kappa shape index (κ1) is 16.5. The number of rotatable bonds is 6. The van der Waals surface area contributed by atoms with E-state index in [4.69, 9.17) is 4.74 Å². The first-order valence-corrected chi connectivity index (χ1v) is 9.11. The maximum absolute atomic E-state index is 12.1. The van der Waals surface area contributed by atoms with E-state index >= 15 is 0 Å². The average molecular weight is 363 g/mol. The van der Waals surface area contributed by atoms with Gasteiger partial charge in [-0.15, -0.1) is 11.3 Å². The van der Waals surface area contributed by atoms with Crippen molar-refractivity contribution in [2.45, 2.75) is 6.61 Å². The van der Waals surface area contributed by atoms with E-state index in [1.165, 1.54) is 0 Å². The predicted octanol–water partition coefficient (Wildman–Crippen LogP) is 4.45. The van der Waals surface area contributed by atoms with Crippen LogP contribution in [0, 0.1) is 0 Å². The van der Waals surface area contributed by atoms with Crippen LogP contribution in [-0.2, 0) is 16.1 Å². The lowest BCUT2D eigenvalue weighted by Gasteiger charge is -2.06. The Kier molecular flexibility index (Phi) is 4.77. The van der Waals surface area contributed by atoms with Crippen molar-refractivity contribution < 1.29 is 9.53 Å². The van der Waals surface area contributed by atoms with E-state index in [1.54, 1.807) is 11.3 Å². The number of aromatic amines is 1. The van der Waals surface area contributed by atoms with Crippen LogP contribution < -0.4 is 5.32 Å². The molecule has 2 aromatic heterocycles. The molecule has 0 fully saturated rings. The number of hydrogen-bond acceptors (Lipinski definition) is 4. The Morgan fingerprint density at radius 1 is 1.12 bits per heavy atom. The van der Waals surface area contributed by atoms with Crippen molar-refractivity contribution in [2.75, 3.05) is 11.9 Å². The van der Waals surface area contributed by atoms with Gasteiger partial charge in [0.2, 0.25) is 5.91 Å². The highest BCUT2D eigenvalue weighted by Crippen LogP contribution is 2.25. The summed E-state index contributed by atoms with van der Waals surface area (Å²) in [7, 11) is 0. The number of benzene rings is 2. The van der Waals surface area contributed by atoms with Crippen molar-refractivity contribution in [3.05, 3.63) is 71.6 Å². The molecule has 0 atom stereocenters. The molecular weight excluding hydrogens is 346 g/mol. The third kappa shape index (κ3) is 3.82. The number of ether oxygens (including phenoxy) is 1. The zero-order valence-corrected chi connectivity index (χ0v) is 14.8. The Morgan fingerprint density at radius 3 is 2.81 bits per heavy atom. The third-order valence-corrected chi connectivity index (χ3v) is 4.74. The molecule has 5 nitrogen and oxygen atoms in total. The van der Waals surface area contributed by atoms with Gasteiger partial charge in [0.25, 0.3) is 0 Å². The standard InChI is InChI=1S/C20H17N3O2S/c24-19(13-25-12-14-5-2-1-3-6-14)21-15-8-9-16-17(11-15)23-20(22-16)18-7-4-10-26-18/h1-11H,12-13H2,(H,21,24)(H,22,23). The number of carbonyl (C=O) groups is 1. The Labute approximate surface area is 154 Å². The van der Waals surface area contributed by atoms with E-state index in [9.17, 15) is 4.79 Å². The fourth-order valence-corrected chi connectivity index (χ4v) is 3.32. The van der Waals surface area contributed by atoms with Gasteiger partial charge in [-0.2, -0.15) is 0 Å². The van der Waals surface area contributed by atoms with Crippen LogP contribution in [0.5, 0.6) is 0 Å². The lowest BCUT2D eigenvalue weighted by Crippen LogP contribution is -2.18. The van der Waals surface area contributed by atoms with Crippen molar-refractivity contribution >= 4 is 34.0 Å². The van der Waals surface area contributed by atoms with Gasteiger partial charge in [0.15, 0.2) is 0 Å². The summed E-state index contributed by atoms with van der Waals surface area (Å²) < 4.78 is 5.46. The molecule has 0 aliphatic carbocycles. The van der Waals surface area contributed by atoms with Gasteiger partial charge >= 0.3 is 0 Å². The van der Waals surface area contributed by atoms with Crippen LogP contribution in [-0.4, -0.2) is 22.5 Å². The first-order valence-electron chi connectivity index (χ1n) is 8.23. The van der Waals surface area contributed by atoms with E-state index in [1.807, 2.05) is 66.0 Å². The minimum absolute atomic E-state index is 0.0103. The van der Waals surface area contributed by atoms with Gasteiger partial charge in [0, 0.05) is 5.69 Å². The van der Waals surface area contributed by atoms with Crippen molar-refractivity contribution in [3.63, 3.8) is 0 Å². The molecule has 0 radical (unpaired) electrons. The smallest absolute Gasteiger partial charge is 0.250 e. The summed E-state index contributed by atoms with van der Waals surface area (Å²) >= 11 is 1.63. The van der Waals surface area contributed by atoms with Crippen molar-refractivity contribution in [1.29, 1.82) is 0 Å². The van der Waals surface area contributed by atoms with E-state index in [0.29, 0.717) is 12.3 Å². The molecule has 6 heteroatoms. The van der Waals surface area contributed by atoms with Crippen LogP contribution in [0.3, 0.4) is 0 Å². The number of nitrogens with zero attached hydrogens (tertiary/aromatic N) is 1. The number of fused-ring (bicyclic) bond motifs is 1. The second-order valence-corrected chi connectivity index (χ2v) is 6.77. The number of thiophene rings is 1. The number of hydrogen-bond donors (Lipinski definition) is 2. The minimum atomic E-state index is -0.182. The van der Waals surface area contributed by atoms with Gasteiger partial charge in [0.1, 0.15) is 12.4 Å². The van der Waals surface area contributed by atoms with E-state index < -0.39 is 0 Å². The SMILES string of the molecule is O=C(COCc1ccccc1)Nc1ccc2nc(-c3cccs3)[nH]c2c1. The van der Waals surface area contributed by atoms with Crippen LogP contribution >= 0.6 is 11.3 Å². The van der Waals surface area contributed by atoms with E-state index in [-0.39, 0.29) is 12.5 Å². The van der Waals surface area contributed by atoms with Crippen molar-refractivity contribution in [1.82, 2.24) is 9.97 Å². The monoisotopic (exact) mass is 363 g/mol. The summed E-state index contributed by atoms with van der Waals surface area (Å²) in [5.74, 6) is 0.656. The Morgan fingerprint density at radius 2 is 2.00 bits per heavy atom. The average Bonchev–Trinajstić information content (AvgIpc) is 3.31. The summed E-state index contributed by atoms with van der Waals surface area (Å²) in [5.41, 5.74) is 3.51. The molecule has 0 unspecified atom stereocenters. The van der Waals surface area contributed by atoms with Gasteiger partial charge in [-0.25, -0.2) is 4.98 Å². The summed E-state index contributed by atoms with van der Waals surface area (Å²) in [6, 6.07) is 19.4. The quantitative estimate of drug-likeness (QED) is 0.532. The molecule has 4 rings (SSSR count). The normalized spacial score (nSPS) is 10.9. The molecule has 0 aliphatic rings. The Balaban J connectivity index is 1.38. The molecule has 0 aliphatic heterocycles. The highest BCUT2D eigenvalue weighted by atomic mass is 32.1. The van der Waals surface area contributed by atoms with Gasteiger partial charge in [-0.05, 0) is 35.2 Å². The molecule has 0 saturated carbocycles. The van der Waals surface area contributed by atoms with Crippen LogP contribution in [0.15, 0.2) is 66.0 Å². The molecule has 2 heterocycles. The molecule has 0 spiro atoms. The Bertz CT molecular complexity index is 1010. The second kappa shape index (κ2) is 7.51. The van der Waals surface area contributed by atoms with Crippen LogP contribution in [0.1, 0.15) is 5.56 Å². The third-order valence-electron chi connectivity index (χ3n) is 3.86. The van der Waals surface area contributed by atoms with Crippen LogP contribution in [0.2, 0.25) is 0 Å². The van der Waals surface area contributed by atoms with Crippen molar-refractivity contribution in [3.8, 4) is 10.7 Å². The molecule has 0 saturated heterocycles. The predicted molar refractivity (Wildman–Crippen MR) is 104 cm³/mol. The lowest BCUT2D eigenvalue weighted by molar-refractivity contribution is -0.121. The lowest BCUT2D eigenvalue weighted by atomic mass is 10.2. The summed E-state index contributed by atoms with van der Waals surface area (Å²) in [6.45, 7) is 0.425. The number of carbonyl (C=O) groups excluding carboxylic acids is 1. The summed E-state index contributed by atoms with van der Waals surface area (Å²) in [6.07, 6.45) is 0. The van der Waals surface area contributed by atoms with Gasteiger partial charge in [-0.3, -0.25) is 4.79 Å². The molecule has 4 aromatic rings. The Hall–Kier alpha value is -2.96. The number of imidazole rings is 1. The highest BCUT2D eigenvalue weighted by molar-refractivity contribution is 7.13.